The quantitative estimate of drug-likeness (QED) is 0.0313. The van der Waals surface area contributed by atoms with E-state index in [1.165, 1.54) is 7.11 Å². The molecule has 4 aromatic heterocycles. The zero-order chi connectivity index (χ0) is 88.8. The van der Waals surface area contributed by atoms with Crippen LogP contribution in [0.4, 0.5) is 0 Å². The first-order chi connectivity index (χ1) is 58.4. The number of ether oxygens (including phenoxy) is 4. The number of aliphatic carboxylic acids is 4. The van der Waals surface area contributed by atoms with Gasteiger partial charge < -0.3 is 78.9 Å². The van der Waals surface area contributed by atoms with Crippen molar-refractivity contribution in [3.8, 4) is 11.5 Å². The number of carboxylic acids is 4. The summed E-state index contributed by atoms with van der Waals surface area (Å²) in [5.41, 5.74) is 10.2. The van der Waals surface area contributed by atoms with Crippen molar-refractivity contribution in [2.75, 3.05) is 40.6 Å². The van der Waals surface area contributed by atoms with Crippen LogP contribution >= 0.6 is 81.2 Å². The lowest BCUT2D eigenvalue weighted by atomic mass is 9.71. The zero-order valence-corrected chi connectivity index (χ0v) is 73.9. The van der Waals surface area contributed by atoms with Gasteiger partial charge in [-0.05, 0) is 190 Å². The number of amides is 4. The molecule has 123 heavy (non-hydrogen) atoms. The fraction of sp³-hybridized carbons (Fsp3) is 0.304. The number of rotatable bonds is 22. The second kappa shape index (κ2) is 36.2. The fourth-order valence-corrected chi connectivity index (χ4v) is 17.7. The number of methoxy groups -OCH3 is 2. The van der Waals surface area contributed by atoms with Crippen LogP contribution in [0.15, 0.2) is 158 Å². The van der Waals surface area contributed by atoms with E-state index in [9.17, 15) is 53.7 Å². The summed E-state index contributed by atoms with van der Waals surface area (Å²) in [7, 11) is 10.3. The van der Waals surface area contributed by atoms with Gasteiger partial charge in [-0.2, -0.15) is 0 Å². The third-order valence-corrected chi connectivity index (χ3v) is 27.1. The lowest BCUT2D eigenvalue weighted by molar-refractivity contribution is -0.139. The molecule has 6 heterocycles. The number of benzene rings is 8. The summed E-state index contributed by atoms with van der Waals surface area (Å²) in [6, 6.07) is 47.0. The second-order valence-electron chi connectivity index (χ2n) is 31.7. The van der Waals surface area contributed by atoms with E-state index in [2.05, 4.69) is 21.3 Å². The van der Waals surface area contributed by atoms with Crippen LogP contribution in [0.1, 0.15) is 169 Å². The van der Waals surface area contributed by atoms with Crippen LogP contribution in [0, 0.1) is 6.92 Å². The Hall–Kier alpha value is -10.8. The van der Waals surface area contributed by atoms with Gasteiger partial charge in [-0.3, -0.25) is 38.4 Å². The van der Waals surface area contributed by atoms with Crippen LogP contribution in [0.2, 0.25) is 35.2 Å². The first kappa shape index (κ1) is 90.0. The van der Waals surface area contributed by atoms with Gasteiger partial charge in [0.2, 0.25) is 0 Å². The molecule has 12 aromatic rings. The molecule has 4 aliphatic rings. The minimum absolute atomic E-state index is 0.119. The van der Waals surface area contributed by atoms with E-state index >= 15 is 0 Å². The number of carbonyl (C=O) groups excluding carboxylic acids is 4. The number of fused-ring (bicyclic) bond motifs is 4. The molecular weight excluding hydrogens is 1720 g/mol. The third-order valence-electron chi connectivity index (χ3n) is 24.3. The number of aromatic nitrogens is 4. The summed E-state index contributed by atoms with van der Waals surface area (Å²) < 4.78 is 28.9. The first-order valence-corrected chi connectivity index (χ1v) is 42.0. The Balaban J connectivity index is 0.000000141. The molecule has 8 aromatic carbocycles. The highest BCUT2D eigenvalue weighted by atomic mass is 35.5. The summed E-state index contributed by atoms with van der Waals surface area (Å²) in [5.74, 6) is -5.11. The van der Waals surface area contributed by atoms with E-state index in [0.29, 0.717) is 99.0 Å². The standard InChI is InChI=1S/C24H25ClN2O4.C23H22Cl2N2O4.C23H22Cl2N2O3.C22H20Cl2N2O5/c1-14(23(29)30)15-5-7-16(8-6-15)24(11-4-12-24)26-22(28)19-13-17-18(27(19)2)9-10-20(31-3)21(17)25;1-12-8-14(13(2)22(29)30)4-5-16(12)23(10-31-11-23)26-21(28)19-9-15-18(27(19)3)7-6-17(24)20(15)25;1-13(22(29)30)14-4-6-15(7-5-14)23(10-3-11-23)26-21(28)19-12-16-18(27(19)2)9-8-17(24)20(16)25;1-26-16-6-5-15(23)20(24)13(16)9-17(26)21(29)25-22(10-31-11-22)14-4-3-12(8-19(27)28)7-18(14)30-2/h5-10,13-14H,4,11-12H2,1-3H3,(H,26,28)(H,29,30);4-9,13H,10-11H2,1-3H3,(H,26,28)(H,29,30);4-9,12-13H,3,10-11H2,1-2H3,(H,26,28)(H,29,30);3-7,9H,8,10-11H2,1-2H3,(H,25,29)(H,27,28). The van der Waals surface area contributed by atoms with Gasteiger partial charge in [0.05, 0.1) is 117 Å². The van der Waals surface area contributed by atoms with Crippen LogP contribution in [-0.4, -0.2) is 127 Å². The van der Waals surface area contributed by atoms with Crippen LogP contribution in [0.25, 0.3) is 43.6 Å². The molecule has 2 saturated carbocycles. The van der Waals surface area contributed by atoms with E-state index in [1.807, 2.05) is 115 Å². The van der Waals surface area contributed by atoms with Gasteiger partial charge >= 0.3 is 23.9 Å². The number of hydrogen-bond acceptors (Lipinski definition) is 12. The molecule has 0 radical (unpaired) electrons. The minimum atomic E-state index is -0.931. The monoisotopic (exact) mass is 1810 g/mol. The van der Waals surface area contributed by atoms with Crippen molar-refractivity contribution >= 4 is 172 Å². The molecule has 642 valence electrons. The van der Waals surface area contributed by atoms with Crippen LogP contribution in [0.3, 0.4) is 0 Å². The van der Waals surface area contributed by atoms with Crippen LogP contribution in [0.5, 0.6) is 11.5 Å². The Morgan fingerprint density at radius 1 is 0.390 bits per heavy atom. The largest absolute Gasteiger partial charge is 0.496 e. The van der Waals surface area contributed by atoms with E-state index in [-0.39, 0.29) is 43.3 Å². The van der Waals surface area contributed by atoms with Crippen molar-refractivity contribution in [3.63, 3.8) is 0 Å². The predicted octanol–water partition coefficient (Wildman–Crippen LogP) is 18.7. The number of hydrogen-bond donors (Lipinski definition) is 8. The number of nitrogens with one attached hydrogen (secondary N) is 4. The van der Waals surface area contributed by atoms with Gasteiger partial charge in [0.15, 0.2) is 0 Å². The maximum Gasteiger partial charge on any atom is 0.310 e. The molecule has 2 aliphatic carbocycles. The van der Waals surface area contributed by atoms with E-state index in [4.69, 9.17) is 105 Å². The maximum atomic E-state index is 13.3. The van der Waals surface area contributed by atoms with Crippen LogP contribution < -0.4 is 30.7 Å². The molecule has 3 atom stereocenters. The Morgan fingerprint density at radius 3 is 1.02 bits per heavy atom. The maximum absolute atomic E-state index is 13.3. The summed E-state index contributed by atoms with van der Waals surface area (Å²) in [6.07, 6.45) is 5.27. The van der Waals surface area contributed by atoms with Gasteiger partial charge in [-0.25, -0.2) is 0 Å². The smallest absolute Gasteiger partial charge is 0.310 e. The minimum Gasteiger partial charge on any atom is -0.496 e. The summed E-state index contributed by atoms with van der Waals surface area (Å²) in [5, 5.41) is 55.4. The average molecular weight is 1810 g/mol. The van der Waals surface area contributed by atoms with Gasteiger partial charge in [-0.15, -0.1) is 0 Å². The number of carbonyl (C=O) groups is 8. The summed E-state index contributed by atoms with van der Waals surface area (Å²) in [4.78, 5) is 97.8. The van der Waals surface area contributed by atoms with Gasteiger partial charge in [0.1, 0.15) is 45.4 Å². The van der Waals surface area contributed by atoms with Crippen molar-refractivity contribution in [1.82, 2.24) is 39.5 Å². The SMILES string of the molecule is CC(C(=O)O)c1ccc(C2(NC(=O)c3cc4c(Cl)c(Cl)ccc4n3C)CCC2)cc1.COc1cc(CC(=O)O)ccc1C1(NC(=O)c2cc3c(Cl)c(Cl)ccc3n2C)COC1.COc1ccc2c(cc(C(=O)NC3(c4ccc(C(C)C(=O)O)cc4)CCC3)n2C)c1Cl.Cc1cc(C(C)C(=O)O)ccc1C1(NC(=O)c2cc3c(Cl)c(Cl)ccc3n2C)COC1. The Morgan fingerprint density at radius 2 is 0.707 bits per heavy atom. The molecule has 24 nitrogen and oxygen atoms in total. The highest BCUT2D eigenvalue weighted by Gasteiger charge is 2.47. The van der Waals surface area contributed by atoms with Gasteiger partial charge in [0.25, 0.3) is 23.6 Å². The van der Waals surface area contributed by atoms with Crippen molar-refractivity contribution in [2.24, 2.45) is 28.2 Å². The number of aryl methyl sites for hydroxylation is 5. The Labute approximate surface area is 743 Å². The van der Waals surface area contributed by atoms with Crippen molar-refractivity contribution in [2.45, 2.75) is 113 Å². The van der Waals surface area contributed by atoms with Crippen molar-refractivity contribution in [1.29, 1.82) is 0 Å². The predicted molar refractivity (Wildman–Crippen MR) is 476 cm³/mol. The second-order valence-corrected chi connectivity index (χ2v) is 34.4. The molecule has 4 fully saturated rings. The first-order valence-electron chi connectivity index (χ1n) is 39.4. The molecule has 3 unspecified atom stereocenters. The lowest BCUT2D eigenvalue weighted by Gasteiger charge is -2.43. The fourth-order valence-electron chi connectivity index (χ4n) is 16.3. The van der Waals surface area contributed by atoms with Crippen molar-refractivity contribution in [3.05, 3.63) is 266 Å². The average Bonchev–Trinajstić information content (AvgIpc) is 1.75. The summed E-state index contributed by atoms with van der Waals surface area (Å²) in [6.45, 7) is 8.10. The summed E-state index contributed by atoms with van der Waals surface area (Å²) >= 11 is 43.8. The number of halogens is 7. The molecule has 2 aliphatic heterocycles. The molecule has 8 N–H and O–H groups in total. The normalized spacial score (nSPS) is 15.7. The topological polar surface area (TPSA) is 322 Å². The van der Waals surface area contributed by atoms with Gasteiger partial charge in [0, 0.05) is 71.8 Å². The molecular formula is C92H89Cl7N8O16. The van der Waals surface area contributed by atoms with Crippen LogP contribution in [-0.2, 0) is 85.4 Å². The third kappa shape index (κ3) is 17.5. The lowest BCUT2D eigenvalue weighted by Crippen LogP contribution is -2.59. The highest BCUT2D eigenvalue weighted by Crippen LogP contribution is 2.46. The molecule has 16 rings (SSSR count). The van der Waals surface area contributed by atoms with E-state index in [0.717, 1.165) is 116 Å². The Bertz CT molecular complexity index is 6220. The molecule has 0 bridgehead atoms. The molecule has 0 spiro atoms. The molecule has 2 saturated heterocycles. The van der Waals surface area contributed by atoms with Crippen molar-refractivity contribution < 1.29 is 77.7 Å². The highest BCUT2D eigenvalue weighted by molar-refractivity contribution is 6.47. The molecule has 31 heteroatoms. The van der Waals surface area contributed by atoms with E-state index in [1.54, 1.807) is 124 Å². The zero-order valence-electron chi connectivity index (χ0n) is 68.6. The number of nitrogens with zero attached hydrogens (tertiary/aromatic N) is 4. The van der Waals surface area contributed by atoms with Gasteiger partial charge in [-0.1, -0.05) is 160 Å². The Kier molecular flexibility index (Phi) is 26.5. The number of carboxylic acid groups (broad SMARTS) is 4. The van der Waals surface area contributed by atoms with E-state index < -0.39 is 63.8 Å². The molecule has 4 amide bonds.